The van der Waals surface area contributed by atoms with Crippen molar-refractivity contribution in [1.29, 1.82) is 0 Å². The molecule has 32 heavy (non-hydrogen) atoms. The van der Waals surface area contributed by atoms with Gasteiger partial charge in [-0.05, 0) is 77.1 Å². The molecule has 172 valence electrons. The Bertz CT molecular complexity index is 904. The highest BCUT2D eigenvalue weighted by molar-refractivity contribution is 8.00. The second-order valence-corrected chi connectivity index (χ2v) is 10.1. The summed E-state index contributed by atoms with van der Waals surface area (Å²) in [6.45, 7) is 5.67. The molecule has 1 saturated heterocycles. The van der Waals surface area contributed by atoms with E-state index in [1.165, 1.54) is 62.3 Å². The van der Waals surface area contributed by atoms with Gasteiger partial charge < -0.3 is 5.32 Å². The molecule has 1 aromatic carbocycles. The summed E-state index contributed by atoms with van der Waals surface area (Å²) in [7, 11) is 0. The van der Waals surface area contributed by atoms with Gasteiger partial charge in [-0.15, -0.1) is 10.2 Å². The first kappa shape index (κ1) is 23.1. The molecule has 0 saturated carbocycles. The number of allylic oxidation sites excluding steroid dienone is 1. The van der Waals surface area contributed by atoms with E-state index < -0.39 is 0 Å². The lowest BCUT2D eigenvalue weighted by molar-refractivity contribution is -0.120. The fourth-order valence-corrected chi connectivity index (χ4v) is 5.38. The summed E-state index contributed by atoms with van der Waals surface area (Å²) in [5.74, 6) is 1.00. The number of para-hydroxylation sites is 1. The van der Waals surface area contributed by atoms with Crippen LogP contribution in [-0.4, -0.2) is 50.5 Å². The summed E-state index contributed by atoms with van der Waals surface area (Å²) in [4.78, 5) is 15.2. The number of aromatic nitrogens is 3. The second-order valence-electron chi connectivity index (χ2n) is 8.82. The number of nitrogens with one attached hydrogen (secondary N) is 1. The molecule has 2 aliphatic rings. The van der Waals surface area contributed by atoms with Crippen LogP contribution >= 0.6 is 11.8 Å². The first-order valence-corrected chi connectivity index (χ1v) is 12.9. The minimum absolute atomic E-state index is 0.0617. The minimum Gasteiger partial charge on any atom is -0.355 e. The quantitative estimate of drug-likeness (QED) is 0.439. The van der Waals surface area contributed by atoms with Crippen molar-refractivity contribution in [3.05, 3.63) is 47.8 Å². The van der Waals surface area contributed by atoms with Gasteiger partial charge in [0.25, 0.3) is 0 Å². The Morgan fingerprint density at radius 3 is 2.66 bits per heavy atom. The first-order valence-electron chi connectivity index (χ1n) is 12.0. The van der Waals surface area contributed by atoms with Crippen LogP contribution in [0.25, 0.3) is 5.69 Å². The molecular weight excluding hydrogens is 418 g/mol. The van der Waals surface area contributed by atoms with E-state index in [0.717, 1.165) is 42.7 Å². The average Bonchev–Trinajstić information content (AvgIpc) is 3.22. The molecule has 1 aliphatic heterocycles. The SMILES string of the molecule is CC(Sc1nnc(CN2CCCCC2)n1-c1ccccc1)C(=O)NCCC1=CCCCC1. The number of amides is 1. The minimum atomic E-state index is -0.232. The monoisotopic (exact) mass is 453 g/mol. The maximum atomic E-state index is 12.7. The second kappa shape index (κ2) is 11.7. The van der Waals surface area contributed by atoms with Crippen LogP contribution in [0, 0.1) is 0 Å². The Morgan fingerprint density at radius 2 is 1.91 bits per heavy atom. The normalized spacial score (nSPS) is 18.2. The van der Waals surface area contributed by atoms with Crippen molar-refractivity contribution < 1.29 is 4.79 Å². The van der Waals surface area contributed by atoms with Crippen molar-refractivity contribution in [2.24, 2.45) is 0 Å². The van der Waals surface area contributed by atoms with Crippen LogP contribution in [0.1, 0.15) is 64.1 Å². The van der Waals surface area contributed by atoms with Crippen LogP contribution < -0.4 is 5.32 Å². The van der Waals surface area contributed by atoms with Crippen LogP contribution in [-0.2, 0) is 11.3 Å². The number of benzene rings is 1. The highest BCUT2D eigenvalue weighted by atomic mass is 32.2. The van der Waals surface area contributed by atoms with E-state index in [9.17, 15) is 4.79 Å². The van der Waals surface area contributed by atoms with E-state index in [2.05, 4.69) is 43.2 Å². The molecule has 1 aromatic heterocycles. The summed E-state index contributed by atoms with van der Waals surface area (Å²) in [5, 5.41) is 12.7. The molecule has 6 nitrogen and oxygen atoms in total. The third-order valence-electron chi connectivity index (χ3n) is 6.31. The number of nitrogens with zero attached hydrogens (tertiary/aromatic N) is 4. The average molecular weight is 454 g/mol. The van der Waals surface area contributed by atoms with E-state index in [0.29, 0.717) is 6.54 Å². The van der Waals surface area contributed by atoms with Crippen molar-refractivity contribution in [3.8, 4) is 5.69 Å². The highest BCUT2D eigenvalue weighted by Gasteiger charge is 2.22. The smallest absolute Gasteiger partial charge is 0.233 e. The fraction of sp³-hybridized carbons (Fsp3) is 0.560. The molecule has 1 aliphatic carbocycles. The molecule has 2 aromatic rings. The lowest BCUT2D eigenvalue weighted by Crippen LogP contribution is -2.32. The molecule has 2 heterocycles. The lowest BCUT2D eigenvalue weighted by Gasteiger charge is -2.26. The van der Waals surface area contributed by atoms with Crippen LogP contribution in [0.2, 0.25) is 0 Å². The van der Waals surface area contributed by atoms with Crippen LogP contribution in [0.4, 0.5) is 0 Å². The summed E-state index contributed by atoms with van der Waals surface area (Å²) in [6.07, 6.45) is 12.1. The third-order valence-corrected chi connectivity index (χ3v) is 7.35. The number of rotatable bonds is 9. The van der Waals surface area contributed by atoms with E-state index >= 15 is 0 Å². The van der Waals surface area contributed by atoms with Crippen molar-refractivity contribution in [1.82, 2.24) is 25.0 Å². The Labute approximate surface area is 195 Å². The summed E-state index contributed by atoms with van der Waals surface area (Å²) in [6, 6.07) is 10.2. The largest absolute Gasteiger partial charge is 0.355 e. The predicted octanol–water partition coefficient (Wildman–Crippen LogP) is 4.74. The van der Waals surface area contributed by atoms with Gasteiger partial charge in [-0.1, -0.05) is 48.0 Å². The van der Waals surface area contributed by atoms with Crippen LogP contribution in [0.15, 0.2) is 47.1 Å². The van der Waals surface area contributed by atoms with Gasteiger partial charge in [0, 0.05) is 12.2 Å². The topological polar surface area (TPSA) is 63.1 Å². The summed E-state index contributed by atoms with van der Waals surface area (Å²) in [5.41, 5.74) is 2.53. The van der Waals surface area contributed by atoms with Gasteiger partial charge in [0.15, 0.2) is 11.0 Å². The zero-order valence-corrected chi connectivity index (χ0v) is 19.9. The number of hydrogen-bond acceptors (Lipinski definition) is 5. The molecule has 1 fully saturated rings. The number of thioether (sulfide) groups is 1. The Hall–Kier alpha value is -2.12. The third kappa shape index (κ3) is 6.23. The van der Waals surface area contributed by atoms with Gasteiger partial charge in [-0.3, -0.25) is 14.3 Å². The molecule has 1 amide bonds. The van der Waals surface area contributed by atoms with Gasteiger partial charge in [0.1, 0.15) is 0 Å². The van der Waals surface area contributed by atoms with Gasteiger partial charge in [-0.25, -0.2) is 0 Å². The molecule has 1 unspecified atom stereocenters. The van der Waals surface area contributed by atoms with Gasteiger partial charge in [-0.2, -0.15) is 0 Å². The molecular formula is C25H35N5OS. The lowest BCUT2D eigenvalue weighted by atomic mass is 9.97. The molecule has 0 bridgehead atoms. The number of piperidine rings is 1. The fourth-order valence-electron chi connectivity index (χ4n) is 4.47. The molecule has 0 spiro atoms. The van der Waals surface area contributed by atoms with Crippen molar-refractivity contribution in [2.75, 3.05) is 19.6 Å². The van der Waals surface area contributed by atoms with Crippen LogP contribution in [0.5, 0.6) is 0 Å². The Balaban J connectivity index is 1.41. The van der Waals surface area contributed by atoms with Crippen LogP contribution in [0.3, 0.4) is 0 Å². The van der Waals surface area contributed by atoms with Crippen molar-refractivity contribution >= 4 is 17.7 Å². The molecule has 1 N–H and O–H groups in total. The zero-order valence-electron chi connectivity index (χ0n) is 19.1. The van der Waals surface area contributed by atoms with Gasteiger partial charge >= 0.3 is 0 Å². The van der Waals surface area contributed by atoms with E-state index in [-0.39, 0.29) is 11.2 Å². The molecule has 1 atom stereocenters. The number of carbonyl (C=O) groups excluding carboxylic acids is 1. The van der Waals surface area contributed by atoms with Crippen molar-refractivity contribution in [2.45, 2.75) is 75.2 Å². The Morgan fingerprint density at radius 1 is 1.09 bits per heavy atom. The van der Waals surface area contributed by atoms with Crippen molar-refractivity contribution in [3.63, 3.8) is 0 Å². The Kier molecular flexibility index (Phi) is 8.40. The van der Waals surface area contributed by atoms with Gasteiger partial charge in [0.05, 0.1) is 11.8 Å². The predicted molar refractivity (Wildman–Crippen MR) is 130 cm³/mol. The standard InChI is InChI=1S/C25H35N5OS/c1-20(24(31)26-16-15-21-11-5-2-6-12-21)32-25-28-27-23(19-29-17-9-4-10-18-29)30(25)22-13-7-3-8-14-22/h3,7-8,11,13-14,20H,2,4-6,9-10,12,15-19H2,1H3,(H,26,31). The maximum absolute atomic E-state index is 12.7. The first-order chi connectivity index (χ1) is 15.7. The zero-order chi connectivity index (χ0) is 22.2. The number of hydrogen-bond donors (Lipinski definition) is 1. The van der Waals surface area contributed by atoms with Gasteiger partial charge in [0.2, 0.25) is 5.91 Å². The van der Waals surface area contributed by atoms with E-state index in [1.807, 2.05) is 25.1 Å². The molecule has 7 heteroatoms. The summed E-state index contributed by atoms with van der Waals surface area (Å²) < 4.78 is 2.12. The number of likely N-dealkylation sites (tertiary alicyclic amines) is 1. The molecule has 0 radical (unpaired) electrons. The highest BCUT2D eigenvalue weighted by Crippen LogP contribution is 2.27. The maximum Gasteiger partial charge on any atom is 0.233 e. The number of carbonyl (C=O) groups is 1. The van der Waals surface area contributed by atoms with E-state index in [1.54, 1.807) is 0 Å². The van der Waals surface area contributed by atoms with E-state index in [4.69, 9.17) is 0 Å². The molecule has 4 rings (SSSR count). The summed E-state index contributed by atoms with van der Waals surface area (Å²) >= 11 is 1.49.